The molecule has 0 bridgehead atoms. The SMILES string of the molecule is Cc1cccc(Cl)c1Nc1ccc(N)cc1C(F)(F)F. The summed E-state index contributed by atoms with van der Waals surface area (Å²) in [6.07, 6.45) is -4.49. The van der Waals surface area contributed by atoms with E-state index in [2.05, 4.69) is 5.32 Å². The fraction of sp³-hybridized carbons (Fsp3) is 0.143. The number of hydrogen-bond donors (Lipinski definition) is 2. The lowest BCUT2D eigenvalue weighted by Gasteiger charge is -2.17. The molecule has 0 amide bonds. The number of aryl methyl sites for hydroxylation is 1. The molecule has 106 valence electrons. The second kappa shape index (κ2) is 5.25. The first-order valence-corrected chi connectivity index (χ1v) is 6.15. The number of halogens is 4. The molecule has 0 aromatic heterocycles. The maximum absolute atomic E-state index is 13.0. The van der Waals surface area contributed by atoms with Crippen molar-refractivity contribution in [2.24, 2.45) is 0 Å². The summed E-state index contributed by atoms with van der Waals surface area (Å²) in [6.45, 7) is 1.76. The molecule has 3 N–H and O–H groups in total. The smallest absolute Gasteiger partial charge is 0.399 e. The van der Waals surface area contributed by atoms with Crippen LogP contribution in [0.5, 0.6) is 0 Å². The van der Waals surface area contributed by atoms with Gasteiger partial charge in [0.1, 0.15) is 0 Å². The van der Waals surface area contributed by atoms with Gasteiger partial charge in [-0.3, -0.25) is 0 Å². The van der Waals surface area contributed by atoms with Gasteiger partial charge in [-0.1, -0.05) is 23.7 Å². The molecule has 2 aromatic rings. The lowest BCUT2D eigenvalue weighted by Crippen LogP contribution is -2.10. The largest absolute Gasteiger partial charge is 0.418 e. The molecule has 0 aliphatic heterocycles. The molecule has 0 saturated carbocycles. The van der Waals surface area contributed by atoms with Crippen LogP contribution in [0.1, 0.15) is 11.1 Å². The summed E-state index contributed by atoms with van der Waals surface area (Å²) < 4.78 is 39.0. The third-order valence-corrected chi connectivity index (χ3v) is 3.15. The average molecular weight is 301 g/mol. The molecule has 2 nitrogen and oxygen atoms in total. The highest BCUT2D eigenvalue weighted by Crippen LogP contribution is 2.38. The maximum Gasteiger partial charge on any atom is 0.418 e. The number of anilines is 3. The number of hydrogen-bond acceptors (Lipinski definition) is 2. The van der Waals surface area contributed by atoms with Gasteiger partial charge < -0.3 is 11.1 Å². The fourth-order valence-electron chi connectivity index (χ4n) is 1.83. The Morgan fingerprint density at radius 3 is 2.45 bits per heavy atom. The molecule has 2 aromatic carbocycles. The van der Waals surface area contributed by atoms with Crippen molar-refractivity contribution in [3.8, 4) is 0 Å². The molecule has 0 spiro atoms. The van der Waals surface area contributed by atoms with Crippen molar-refractivity contribution >= 4 is 28.7 Å². The van der Waals surface area contributed by atoms with Gasteiger partial charge in [0.25, 0.3) is 0 Å². The van der Waals surface area contributed by atoms with E-state index in [1.165, 1.54) is 12.1 Å². The molecule has 0 saturated heterocycles. The minimum Gasteiger partial charge on any atom is -0.399 e. The molecular weight excluding hydrogens is 289 g/mol. The van der Waals surface area contributed by atoms with Gasteiger partial charge in [0.05, 0.1) is 22.0 Å². The van der Waals surface area contributed by atoms with E-state index in [0.29, 0.717) is 10.7 Å². The first-order valence-electron chi connectivity index (χ1n) is 5.78. The van der Waals surface area contributed by atoms with Crippen LogP contribution in [0, 0.1) is 6.92 Å². The van der Waals surface area contributed by atoms with Gasteiger partial charge in [0.15, 0.2) is 0 Å². The van der Waals surface area contributed by atoms with Crippen molar-refractivity contribution < 1.29 is 13.2 Å². The number of alkyl halides is 3. The zero-order chi connectivity index (χ0) is 14.9. The van der Waals surface area contributed by atoms with Crippen LogP contribution in [0.3, 0.4) is 0 Å². The number of para-hydroxylation sites is 1. The van der Waals surface area contributed by atoms with E-state index in [1.54, 1.807) is 25.1 Å². The van der Waals surface area contributed by atoms with Crippen molar-refractivity contribution in [2.45, 2.75) is 13.1 Å². The second-order valence-electron chi connectivity index (χ2n) is 4.36. The molecule has 6 heteroatoms. The third-order valence-electron chi connectivity index (χ3n) is 2.83. The van der Waals surface area contributed by atoms with Crippen molar-refractivity contribution in [1.82, 2.24) is 0 Å². The third kappa shape index (κ3) is 2.99. The fourth-order valence-corrected chi connectivity index (χ4v) is 2.10. The van der Waals surface area contributed by atoms with Crippen LogP contribution in [0.15, 0.2) is 36.4 Å². The summed E-state index contributed by atoms with van der Waals surface area (Å²) in [7, 11) is 0. The number of nitrogen functional groups attached to an aromatic ring is 1. The Hall–Kier alpha value is -1.88. The quantitative estimate of drug-likeness (QED) is 0.767. The first-order chi connectivity index (χ1) is 9.29. The summed E-state index contributed by atoms with van der Waals surface area (Å²) in [4.78, 5) is 0. The van der Waals surface area contributed by atoms with E-state index in [9.17, 15) is 13.2 Å². The van der Waals surface area contributed by atoms with Gasteiger partial charge in [-0.25, -0.2) is 0 Å². The van der Waals surface area contributed by atoms with E-state index in [4.69, 9.17) is 17.3 Å². The highest BCUT2D eigenvalue weighted by molar-refractivity contribution is 6.33. The lowest BCUT2D eigenvalue weighted by molar-refractivity contribution is -0.136. The van der Waals surface area contributed by atoms with Crippen LogP contribution >= 0.6 is 11.6 Å². The Labute approximate surface area is 119 Å². The molecule has 2 rings (SSSR count). The van der Waals surface area contributed by atoms with Crippen molar-refractivity contribution in [3.63, 3.8) is 0 Å². The zero-order valence-corrected chi connectivity index (χ0v) is 11.3. The summed E-state index contributed by atoms with van der Waals surface area (Å²) in [6, 6.07) is 8.70. The molecule has 0 aliphatic carbocycles. The summed E-state index contributed by atoms with van der Waals surface area (Å²) in [5.74, 6) is 0. The standard InChI is InChI=1S/C14H12ClF3N2/c1-8-3-2-4-11(15)13(8)20-12-6-5-9(19)7-10(12)14(16,17)18/h2-7,20H,19H2,1H3. The summed E-state index contributed by atoms with van der Waals surface area (Å²) in [5, 5.41) is 3.09. The number of benzene rings is 2. The van der Waals surface area contributed by atoms with Crippen LogP contribution in [0.25, 0.3) is 0 Å². The van der Waals surface area contributed by atoms with Gasteiger partial charge in [-0.05, 0) is 36.8 Å². The summed E-state index contributed by atoms with van der Waals surface area (Å²) >= 11 is 6.01. The predicted molar refractivity (Wildman–Crippen MR) is 75.3 cm³/mol. The molecule has 0 atom stereocenters. The predicted octanol–water partition coefficient (Wildman–Crippen LogP) is 4.99. The number of nitrogens with two attached hydrogens (primary N) is 1. The molecule has 0 radical (unpaired) electrons. The lowest BCUT2D eigenvalue weighted by atomic mass is 10.1. The molecule has 20 heavy (non-hydrogen) atoms. The Bertz CT molecular complexity index is 619. The minimum absolute atomic E-state index is 0.0544. The van der Waals surface area contributed by atoms with Crippen LogP contribution in [0.2, 0.25) is 5.02 Å². The molecular formula is C14H12ClF3N2. The Morgan fingerprint density at radius 1 is 1.15 bits per heavy atom. The van der Waals surface area contributed by atoms with Crippen molar-refractivity contribution in [3.05, 3.63) is 52.5 Å². The minimum atomic E-state index is -4.49. The van der Waals surface area contributed by atoms with E-state index < -0.39 is 11.7 Å². The van der Waals surface area contributed by atoms with E-state index in [0.717, 1.165) is 11.6 Å². The van der Waals surface area contributed by atoms with E-state index in [1.807, 2.05) is 0 Å². The highest BCUT2D eigenvalue weighted by atomic mass is 35.5. The van der Waals surface area contributed by atoms with Gasteiger partial charge in [0, 0.05) is 5.69 Å². The van der Waals surface area contributed by atoms with Gasteiger partial charge in [-0.2, -0.15) is 13.2 Å². The van der Waals surface area contributed by atoms with Crippen LogP contribution in [-0.2, 0) is 6.18 Å². The second-order valence-corrected chi connectivity index (χ2v) is 4.77. The molecule has 0 fully saturated rings. The van der Waals surface area contributed by atoms with Crippen molar-refractivity contribution in [1.29, 1.82) is 0 Å². The van der Waals surface area contributed by atoms with Crippen LogP contribution in [0.4, 0.5) is 30.2 Å². The maximum atomic E-state index is 13.0. The monoisotopic (exact) mass is 300 g/mol. The Balaban J connectivity index is 2.49. The average Bonchev–Trinajstić information content (AvgIpc) is 2.34. The van der Waals surface area contributed by atoms with Crippen LogP contribution < -0.4 is 11.1 Å². The highest BCUT2D eigenvalue weighted by Gasteiger charge is 2.34. The van der Waals surface area contributed by atoms with E-state index >= 15 is 0 Å². The van der Waals surface area contributed by atoms with Crippen molar-refractivity contribution in [2.75, 3.05) is 11.1 Å². The molecule has 0 aliphatic rings. The molecule has 0 heterocycles. The number of nitrogens with one attached hydrogen (secondary N) is 1. The Kier molecular flexibility index (Phi) is 3.81. The van der Waals surface area contributed by atoms with Gasteiger partial charge in [-0.15, -0.1) is 0 Å². The Morgan fingerprint density at radius 2 is 1.85 bits per heavy atom. The van der Waals surface area contributed by atoms with Gasteiger partial charge in [0.2, 0.25) is 0 Å². The van der Waals surface area contributed by atoms with Crippen LogP contribution in [-0.4, -0.2) is 0 Å². The topological polar surface area (TPSA) is 38.0 Å². The summed E-state index contributed by atoms with van der Waals surface area (Å²) in [5.41, 5.74) is 5.78. The normalized spacial score (nSPS) is 11.4. The zero-order valence-electron chi connectivity index (χ0n) is 10.6. The first kappa shape index (κ1) is 14.5. The number of rotatable bonds is 2. The van der Waals surface area contributed by atoms with Gasteiger partial charge >= 0.3 is 6.18 Å². The molecule has 0 unspecified atom stereocenters. The van der Waals surface area contributed by atoms with E-state index in [-0.39, 0.29) is 11.4 Å².